The van der Waals surface area contributed by atoms with Crippen LogP contribution in [0.2, 0.25) is 0 Å². The summed E-state index contributed by atoms with van der Waals surface area (Å²) >= 11 is 0. The lowest BCUT2D eigenvalue weighted by molar-refractivity contribution is 0.263. The van der Waals surface area contributed by atoms with E-state index in [0.717, 1.165) is 53.7 Å². The Balaban J connectivity index is 1.42. The van der Waals surface area contributed by atoms with Gasteiger partial charge in [-0.15, -0.1) is 0 Å². The van der Waals surface area contributed by atoms with E-state index in [2.05, 4.69) is 43.0 Å². The highest BCUT2D eigenvalue weighted by atomic mass is 16.5. The summed E-state index contributed by atoms with van der Waals surface area (Å²) < 4.78 is 13.2. The first-order valence-electron chi connectivity index (χ1n) is 10.8. The second-order valence-corrected chi connectivity index (χ2v) is 7.93. The summed E-state index contributed by atoms with van der Waals surface area (Å²) in [5.74, 6) is 1.77. The van der Waals surface area contributed by atoms with Crippen molar-refractivity contribution < 1.29 is 9.47 Å². The van der Waals surface area contributed by atoms with Gasteiger partial charge in [0.05, 0.1) is 25.1 Å². The molecule has 5 nitrogen and oxygen atoms in total. The summed E-state index contributed by atoms with van der Waals surface area (Å²) in [5.41, 5.74) is 5.49. The van der Waals surface area contributed by atoms with Crippen LogP contribution in [0.4, 0.5) is 0 Å². The molecule has 0 radical (unpaired) electrons. The van der Waals surface area contributed by atoms with Gasteiger partial charge in [0.15, 0.2) is 0 Å². The van der Waals surface area contributed by atoms with Crippen LogP contribution in [0.5, 0.6) is 11.5 Å². The van der Waals surface area contributed by atoms with Crippen molar-refractivity contribution in [3.8, 4) is 28.3 Å². The normalized spacial score (nSPS) is 14.2. The minimum atomic E-state index is 0.761. The highest BCUT2D eigenvalue weighted by Gasteiger charge is 2.15. The third kappa shape index (κ3) is 4.51. The average Bonchev–Trinajstić information content (AvgIpc) is 3.39. The van der Waals surface area contributed by atoms with E-state index in [9.17, 15) is 0 Å². The van der Waals surface area contributed by atoms with Gasteiger partial charge in [0, 0.05) is 17.8 Å². The molecule has 0 spiro atoms. The molecule has 1 aliphatic heterocycles. The molecule has 0 bridgehead atoms. The number of benzene rings is 2. The zero-order valence-corrected chi connectivity index (χ0v) is 18.2. The molecule has 2 heterocycles. The lowest BCUT2D eigenvalue weighted by atomic mass is 10.0. The highest BCUT2D eigenvalue weighted by molar-refractivity contribution is 5.70. The zero-order chi connectivity index (χ0) is 20.9. The van der Waals surface area contributed by atoms with Crippen LogP contribution < -0.4 is 9.47 Å². The van der Waals surface area contributed by atoms with Crippen LogP contribution in [0.1, 0.15) is 30.7 Å². The summed E-state index contributed by atoms with van der Waals surface area (Å²) in [6, 6.07) is 16.4. The molecule has 0 amide bonds. The summed E-state index contributed by atoms with van der Waals surface area (Å²) in [4.78, 5) is 2.52. The number of nitrogens with zero attached hydrogens (tertiary/aromatic N) is 3. The fourth-order valence-electron chi connectivity index (χ4n) is 4.24. The SMILES string of the molecule is COc1ccc(-c2c(C)nn(-c3ccc(OCCCN4CCCC4)cc3)c2C)cc1. The fraction of sp³-hybridized carbons (Fsp3) is 0.400. The van der Waals surface area contributed by atoms with Gasteiger partial charge in [0.25, 0.3) is 0 Å². The van der Waals surface area contributed by atoms with E-state index in [1.807, 2.05) is 28.9 Å². The van der Waals surface area contributed by atoms with Gasteiger partial charge in [-0.3, -0.25) is 0 Å². The quantitative estimate of drug-likeness (QED) is 0.493. The Kier molecular flexibility index (Phi) is 6.38. The average molecular weight is 406 g/mol. The standard InChI is InChI=1S/C25H31N3O2/c1-19-25(21-7-11-23(29-3)12-8-21)20(2)28(26-19)22-9-13-24(14-10-22)30-18-6-17-27-15-4-5-16-27/h7-14H,4-6,15-18H2,1-3H3. The van der Waals surface area contributed by atoms with Gasteiger partial charge in [-0.1, -0.05) is 12.1 Å². The number of likely N-dealkylation sites (tertiary alicyclic amines) is 1. The van der Waals surface area contributed by atoms with Crippen molar-refractivity contribution >= 4 is 0 Å². The first kappa shape index (κ1) is 20.5. The lowest BCUT2D eigenvalue weighted by Crippen LogP contribution is -2.21. The van der Waals surface area contributed by atoms with Crippen molar-refractivity contribution in [3.05, 3.63) is 59.9 Å². The number of rotatable bonds is 8. The number of hydrogen-bond donors (Lipinski definition) is 0. The third-order valence-electron chi connectivity index (χ3n) is 5.84. The second kappa shape index (κ2) is 9.35. The summed E-state index contributed by atoms with van der Waals surface area (Å²) in [7, 11) is 1.68. The van der Waals surface area contributed by atoms with Crippen LogP contribution in [0.15, 0.2) is 48.5 Å². The van der Waals surface area contributed by atoms with Crippen molar-refractivity contribution in [1.29, 1.82) is 0 Å². The smallest absolute Gasteiger partial charge is 0.119 e. The third-order valence-corrected chi connectivity index (χ3v) is 5.84. The van der Waals surface area contributed by atoms with Crippen molar-refractivity contribution in [2.24, 2.45) is 0 Å². The predicted octanol–water partition coefficient (Wildman–Crippen LogP) is 5.03. The van der Waals surface area contributed by atoms with E-state index in [1.54, 1.807) is 7.11 Å². The van der Waals surface area contributed by atoms with Crippen LogP contribution in [-0.4, -0.2) is 48.0 Å². The molecule has 3 aromatic rings. The Morgan fingerprint density at radius 1 is 0.900 bits per heavy atom. The van der Waals surface area contributed by atoms with Crippen molar-refractivity contribution in [1.82, 2.24) is 14.7 Å². The van der Waals surface area contributed by atoms with E-state index in [-0.39, 0.29) is 0 Å². The Hall–Kier alpha value is -2.79. The van der Waals surface area contributed by atoms with Gasteiger partial charge in [0.1, 0.15) is 11.5 Å². The van der Waals surface area contributed by atoms with E-state index >= 15 is 0 Å². The molecule has 2 aromatic carbocycles. The molecule has 30 heavy (non-hydrogen) atoms. The van der Waals surface area contributed by atoms with E-state index < -0.39 is 0 Å². The molecule has 0 unspecified atom stereocenters. The molecule has 1 aliphatic rings. The molecule has 0 saturated carbocycles. The Bertz CT molecular complexity index is 955. The molecule has 0 atom stereocenters. The maximum absolute atomic E-state index is 5.94. The largest absolute Gasteiger partial charge is 0.497 e. The van der Waals surface area contributed by atoms with Crippen LogP contribution in [0.25, 0.3) is 16.8 Å². The van der Waals surface area contributed by atoms with Crippen molar-refractivity contribution in [2.45, 2.75) is 33.1 Å². The summed E-state index contributed by atoms with van der Waals surface area (Å²) in [6.07, 6.45) is 3.76. The molecule has 0 aliphatic carbocycles. The first-order valence-corrected chi connectivity index (χ1v) is 10.8. The molecular formula is C25H31N3O2. The summed E-state index contributed by atoms with van der Waals surface area (Å²) in [6.45, 7) is 8.56. The Morgan fingerprint density at radius 3 is 2.23 bits per heavy atom. The first-order chi connectivity index (χ1) is 14.7. The number of hydrogen-bond acceptors (Lipinski definition) is 4. The van der Waals surface area contributed by atoms with Crippen molar-refractivity contribution in [3.63, 3.8) is 0 Å². The van der Waals surface area contributed by atoms with Gasteiger partial charge >= 0.3 is 0 Å². The van der Waals surface area contributed by atoms with Gasteiger partial charge in [-0.2, -0.15) is 5.10 Å². The Labute approximate surface area is 179 Å². The molecule has 158 valence electrons. The predicted molar refractivity (Wildman–Crippen MR) is 121 cm³/mol. The molecular weight excluding hydrogens is 374 g/mol. The second-order valence-electron chi connectivity index (χ2n) is 7.93. The fourth-order valence-corrected chi connectivity index (χ4v) is 4.24. The van der Waals surface area contributed by atoms with Gasteiger partial charge in [-0.25, -0.2) is 4.68 Å². The number of aromatic nitrogens is 2. The molecule has 1 aromatic heterocycles. The van der Waals surface area contributed by atoms with E-state index in [0.29, 0.717) is 0 Å². The van der Waals surface area contributed by atoms with Gasteiger partial charge in [-0.05, 0) is 88.2 Å². The minimum absolute atomic E-state index is 0.761. The monoisotopic (exact) mass is 405 g/mol. The number of aryl methyl sites for hydroxylation is 1. The lowest BCUT2D eigenvalue weighted by Gasteiger charge is -2.14. The maximum atomic E-state index is 5.94. The van der Waals surface area contributed by atoms with E-state index in [4.69, 9.17) is 14.6 Å². The highest BCUT2D eigenvalue weighted by Crippen LogP contribution is 2.30. The maximum Gasteiger partial charge on any atom is 0.119 e. The van der Waals surface area contributed by atoms with E-state index in [1.165, 1.54) is 31.5 Å². The van der Waals surface area contributed by atoms with Crippen molar-refractivity contribution in [2.75, 3.05) is 33.4 Å². The zero-order valence-electron chi connectivity index (χ0n) is 18.2. The topological polar surface area (TPSA) is 39.5 Å². The molecule has 5 heteroatoms. The molecule has 1 fully saturated rings. The number of ether oxygens (including phenoxy) is 2. The molecule has 0 N–H and O–H groups in total. The molecule has 4 rings (SSSR count). The van der Waals surface area contributed by atoms with Crippen LogP contribution >= 0.6 is 0 Å². The number of methoxy groups -OCH3 is 1. The molecule has 1 saturated heterocycles. The minimum Gasteiger partial charge on any atom is -0.497 e. The van der Waals surface area contributed by atoms with Gasteiger partial charge < -0.3 is 14.4 Å². The summed E-state index contributed by atoms with van der Waals surface area (Å²) in [5, 5.41) is 4.79. The Morgan fingerprint density at radius 2 is 1.57 bits per heavy atom. The van der Waals surface area contributed by atoms with Gasteiger partial charge in [0.2, 0.25) is 0 Å². The van der Waals surface area contributed by atoms with Crippen LogP contribution in [-0.2, 0) is 0 Å². The van der Waals surface area contributed by atoms with Crippen LogP contribution in [0, 0.1) is 13.8 Å². The van der Waals surface area contributed by atoms with Crippen LogP contribution in [0.3, 0.4) is 0 Å².